The molecule has 0 aliphatic carbocycles. The summed E-state index contributed by atoms with van der Waals surface area (Å²) in [5, 5.41) is 2.92. The first-order chi connectivity index (χ1) is 9.19. The summed E-state index contributed by atoms with van der Waals surface area (Å²) in [5.41, 5.74) is 3.01. The molecule has 3 nitrogen and oxygen atoms in total. The topological polar surface area (TPSA) is 42.1 Å². The third kappa shape index (κ3) is 2.06. The molecule has 0 bridgehead atoms. The van der Waals surface area contributed by atoms with Gasteiger partial charge in [-0.2, -0.15) is 0 Å². The van der Waals surface area contributed by atoms with Crippen molar-refractivity contribution in [1.29, 1.82) is 0 Å². The summed E-state index contributed by atoms with van der Waals surface area (Å²) in [6.07, 6.45) is -0.253. The Labute approximate surface area is 115 Å². The number of carbonyl (C=O) groups excluding carboxylic acids is 1. The van der Waals surface area contributed by atoms with Gasteiger partial charge in [0.2, 0.25) is 0 Å². The highest BCUT2D eigenvalue weighted by Crippen LogP contribution is 2.30. The fraction of sp³-hybridized carbons (Fsp3) is 0.133. The molecule has 1 N–H and O–H groups in total. The molecular weight excluding hydrogens is 262 g/mol. The molecular formula is C15H12ClNO2. The van der Waals surface area contributed by atoms with Gasteiger partial charge in [0.05, 0.1) is 0 Å². The zero-order chi connectivity index (χ0) is 13.4. The van der Waals surface area contributed by atoms with Crippen LogP contribution in [0.25, 0.3) is 21.8 Å². The second kappa shape index (κ2) is 4.59. The normalized spacial score (nSPS) is 12.7. The SMILES string of the molecule is CC(OC=O)c1ccc2c(c1)[nH]c1ccc(Cl)cc12. The molecule has 0 spiro atoms. The van der Waals surface area contributed by atoms with Crippen molar-refractivity contribution < 1.29 is 9.53 Å². The van der Waals surface area contributed by atoms with Gasteiger partial charge < -0.3 is 9.72 Å². The first-order valence-electron chi connectivity index (χ1n) is 5.99. The van der Waals surface area contributed by atoms with Crippen molar-refractivity contribution in [3.8, 4) is 0 Å². The highest BCUT2D eigenvalue weighted by molar-refractivity contribution is 6.31. The maximum atomic E-state index is 10.4. The van der Waals surface area contributed by atoms with Crippen LogP contribution in [0.4, 0.5) is 0 Å². The van der Waals surface area contributed by atoms with Crippen molar-refractivity contribution in [2.45, 2.75) is 13.0 Å². The Hall–Kier alpha value is -2.00. The van der Waals surface area contributed by atoms with E-state index in [2.05, 4.69) is 4.98 Å². The number of nitrogens with one attached hydrogen (secondary N) is 1. The lowest BCUT2D eigenvalue weighted by molar-refractivity contribution is -0.133. The summed E-state index contributed by atoms with van der Waals surface area (Å²) in [4.78, 5) is 13.7. The highest BCUT2D eigenvalue weighted by atomic mass is 35.5. The number of ether oxygens (including phenoxy) is 1. The molecule has 0 fully saturated rings. The fourth-order valence-corrected chi connectivity index (χ4v) is 2.48. The van der Waals surface area contributed by atoms with Crippen molar-refractivity contribution in [3.63, 3.8) is 0 Å². The van der Waals surface area contributed by atoms with E-state index < -0.39 is 0 Å². The minimum absolute atomic E-state index is 0.253. The van der Waals surface area contributed by atoms with Crippen LogP contribution in [0, 0.1) is 0 Å². The number of hydrogen-bond donors (Lipinski definition) is 1. The van der Waals surface area contributed by atoms with Crippen LogP contribution in [0.5, 0.6) is 0 Å². The number of aromatic amines is 1. The molecule has 4 heteroatoms. The summed E-state index contributed by atoms with van der Waals surface area (Å²) in [5.74, 6) is 0. The number of aromatic nitrogens is 1. The number of H-pyrrole nitrogens is 1. The van der Waals surface area contributed by atoms with Gasteiger partial charge in [0, 0.05) is 26.8 Å². The smallest absolute Gasteiger partial charge is 0.293 e. The van der Waals surface area contributed by atoms with Crippen LogP contribution in [0.1, 0.15) is 18.6 Å². The Kier molecular flexibility index (Phi) is 2.91. The van der Waals surface area contributed by atoms with Crippen LogP contribution >= 0.6 is 11.6 Å². The Balaban J connectivity index is 2.18. The predicted molar refractivity (Wildman–Crippen MR) is 76.4 cm³/mol. The first kappa shape index (κ1) is 12.1. The van der Waals surface area contributed by atoms with Crippen LogP contribution in [0.2, 0.25) is 5.02 Å². The predicted octanol–water partition coefficient (Wildman–Crippen LogP) is 4.21. The quantitative estimate of drug-likeness (QED) is 0.727. The Morgan fingerprint density at radius 3 is 2.79 bits per heavy atom. The van der Waals surface area contributed by atoms with Gasteiger partial charge in [0.1, 0.15) is 6.10 Å². The molecule has 3 aromatic rings. The molecule has 1 atom stereocenters. The standard InChI is InChI=1S/C15H12ClNO2/c1-9(19-8-18)10-2-4-12-13-7-11(16)3-5-14(13)17-15(12)6-10/h2-9,17H,1H3. The monoisotopic (exact) mass is 273 g/mol. The van der Waals surface area contributed by atoms with Crippen LogP contribution in [-0.4, -0.2) is 11.5 Å². The van der Waals surface area contributed by atoms with E-state index in [1.165, 1.54) is 0 Å². The molecule has 0 aliphatic rings. The van der Waals surface area contributed by atoms with Gasteiger partial charge in [0.25, 0.3) is 6.47 Å². The molecule has 0 amide bonds. The Morgan fingerprint density at radius 1 is 1.16 bits per heavy atom. The van der Waals surface area contributed by atoms with E-state index in [1.807, 2.05) is 43.3 Å². The van der Waals surface area contributed by atoms with E-state index in [0.29, 0.717) is 6.47 Å². The van der Waals surface area contributed by atoms with Gasteiger partial charge in [-0.05, 0) is 36.8 Å². The van der Waals surface area contributed by atoms with Crippen molar-refractivity contribution in [2.75, 3.05) is 0 Å². The molecule has 1 aromatic heterocycles. The lowest BCUT2D eigenvalue weighted by atomic mass is 10.1. The third-order valence-corrected chi connectivity index (χ3v) is 3.55. The van der Waals surface area contributed by atoms with Crippen LogP contribution < -0.4 is 0 Å². The van der Waals surface area contributed by atoms with E-state index in [9.17, 15) is 4.79 Å². The number of fused-ring (bicyclic) bond motifs is 3. The molecule has 0 radical (unpaired) electrons. The Morgan fingerprint density at radius 2 is 2.00 bits per heavy atom. The summed E-state index contributed by atoms with van der Waals surface area (Å²) in [6.45, 7) is 2.31. The fourth-order valence-electron chi connectivity index (χ4n) is 2.31. The zero-order valence-corrected chi connectivity index (χ0v) is 11.1. The number of halogens is 1. The second-order valence-electron chi connectivity index (χ2n) is 4.49. The van der Waals surface area contributed by atoms with E-state index in [0.717, 1.165) is 32.4 Å². The summed E-state index contributed by atoms with van der Waals surface area (Å²) < 4.78 is 4.95. The number of rotatable bonds is 3. The third-order valence-electron chi connectivity index (χ3n) is 3.31. The average Bonchev–Trinajstić information content (AvgIpc) is 2.76. The largest absolute Gasteiger partial charge is 0.460 e. The molecule has 0 aliphatic heterocycles. The maximum Gasteiger partial charge on any atom is 0.293 e. The van der Waals surface area contributed by atoms with Gasteiger partial charge in [-0.15, -0.1) is 0 Å². The van der Waals surface area contributed by atoms with E-state index in [-0.39, 0.29) is 6.10 Å². The molecule has 96 valence electrons. The van der Waals surface area contributed by atoms with Gasteiger partial charge in [0.15, 0.2) is 0 Å². The molecule has 1 heterocycles. The molecule has 1 unspecified atom stereocenters. The van der Waals surface area contributed by atoms with E-state index >= 15 is 0 Å². The van der Waals surface area contributed by atoms with Gasteiger partial charge in [-0.25, -0.2) is 0 Å². The highest BCUT2D eigenvalue weighted by Gasteiger charge is 2.09. The minimum Gasteiger partial charge on any atom is -0.460 e. The Bertz CT molecular complexity index is 763. The first-order valence-corrected chi connectivity index (χ1v) is 6.37. The van der Waals surface area contributed by atoms with Crippen molar-refractivity contribution in [2.24, 2.45) is 0 Å². The van der Waals surface area contributed by atoms with Crippen molar-refractivity contribution in [1.82, 2.24) is 4.98 Å². The second-order valence-corrected chi connectivity index (χ2v) is 4.93. The lowest BCUT2D eigenvalue weighted by Gasteiger charge is -2.09. The molecule has 2 aromatic carbocycles. The van der Waals surface area contributed by atoms with Gasteiger partial charge >= 0.3 is 0 Å². The van der Waals surface area contributed by atoms with E-state index in [1.54, 1.807) is 0 Å². The van der Waals surface area contributed by atoms with Gasteiger partial charge in [-0.3, -0.25) is 4.79 Å². The summed E-state index contributed by atoms with van der Waals surface area (Å²) >= 11 is 6.03. The molecule has 0 saturated carbocycles. The van der Waals surface area contributed by atoms with Crippen LogP contribution in [0.3, 0.4) is 0 Å². The number of carbonyl (C=O) groups is 1. The summed E-state index contributed by atoms with van der Waals surface area (Å²) in [7, 11) is 0. The lowest BCUT2D eigenvalue weighted by Crippen LogP contribution is -1.97. The minimum atomic E-state index is -0.253. The van der Waals surface area contributed by atoms with Crippen LogP contribution in [-0.2, 0) is 9.53 Å². The zero-order valence-electron chi connectivity index (χ0n) is 10.3. The van der Waals surface area contributed by atoms with Crippen molar-refractivity contribution >= 4 is 39.9 Å². The molecule has 0 saturated heterocycles. The summed E-state index contributed by atoms with van der Waals surface area (Å²) in [6, 6.07) is 11.7. The average molecular weight is 274 g/mol. The van der Waals surface area contributed by atoms with Gasteiger partial charge in [-0.1, -0.05) is 23.7 Å². The molecule has 3 rings (SSSR count). The van der Waals surface area contributed by atoms with E-state index in [4.69, 9.17) is 16.3 Å². The van der Waals surface area contributed by atoms with Crippen LogP contribution in [0.15, 0.2) is 36.4 Å². The van der Waals surface area contributed by atoms with Crippen molar-refractivity contribution in [3.05, 3.63) is 47.0 Å². The number of hydrogen-bond acceptors (Lipinski definition) is 2. The number of benzene rings is 2. The molecule has 19 heavy (non-hydrogen) atoms. The maximum absolute atomic E-state index is 10.4.